The van der Waals surface area contributed by atoms with Crippen LogP contribution in [0.25, 0.3) is 0 Å². The summed E-state index contributed by atoms with van der Waals surface area (Å²) in [6.45, 7) is 6.83. The summed E-state index contributed by atoms with van der Waals surface area (Å²) in [5, 5.41) is 6.17. The lowest BCUT2D eigenvalue weighted by molar-refractivity contribution is -0.117. The van der Waals surface area contributed by atoms with Crippen LogP contribution >= 0.6 is 0 Å². The number of rotatable bonds is 6. The predicted octanol–water partition coefficient (Wildman–Crippen LogP) is 2.13. The van der Waals surface area contributed by atoms with Crippen molar-refractivity contribution in [2.24, 2.45) is 0 Å². The molecule has 1 amide bonds. The van der Waals surface area contributed by atoms with Gasteiger partial charge in [0.05, 0.1) is 12.9 Å². The van der Waals surface area contributed by atoms with Crippen molar-refractivity contribution >= 4 is 11.6 Å². The van der Waals surface area contributed by atoms with E-state index in [1.807, 2.05) is 25.1 Å². The minimum Gasteiger partial charge on any atom is -0.502 e. The topological polar surface area (TPSA) is 50.4 Å². The van der Waals surface area contributed by atoms with E-state index in [9.17, 15) is 4.79 Å². The number of fused-ring (bicyclic) bond motifs is 1. The first kappa shape index (κ1) is 12.6. The van der Waals surface area contributed by atoms with Gasteiger partial charge in [-0.1, -0.05) is 24.8 Å². The Kier molecular flexibility index (Phi) is 3.99. The number of carbonyl (C=O) groups excluding carboxylic acids is 1. The summed E-state index contributed by atoms with van der Waals surface area (Å²) in [5.41, 5.74) is 3.08. The van der Waals surface area contributed by atoms with Crippen molar-refractivity contribution in [1.82, 2.24) is 5.32 Å². The Balaban J connectivity index is 1.96. The van der Waals surface area contributed by atoms with Crippen LogP contribution in [0.5, 0.6) is 0 Å². The number of hydrogen-bond donors (Lipinski definition) is 2. The van der Waals surface area contributed by atoms with Crippen molar-refractivity contribution in [3.05, 3.63) is 42.2 Å². The van der Waals surface area contributed by atoms with Crippen LogP contribution in [0.4, 0.5) is 5.69 Å². The first-order valence-electron chi connectivity index (χ1n) is 6.10. The first-order valence-corrected chi connectivity index (χ1v) is 6.10. The van der Waals surface area contributed by atoms with Gasteiger partial charge in [0.2, 0.25) is 5.91 Å². The summed E-state index contributed by atoms with van der Waals surface area (Å²) in [5.74, 6) is 0.0175. The highest BCUT2D eigenvalue weighted by molar-refractivity contribution is 6.03. The minimum atomic E-state index is -0.247. The van der Waals surface area contributed by atoms with Gasteiger partial charge in [-0.05, 0) is 25.5 Å². The number of anilines is 1. The number of para-hydroxylation sites is 1. The Hall–Kier alpha value is -1.81. The van der Waals surface area contributed by atoms with Crippen molar-refractivity contribution in [3.63, 3.8) is 0 Å². The molecule has 1 atom stereocenters. The van der Waals surface area contributed by atoms with E-state index < -0.39 is 0 Å². The quantitative estimate of drug-likeness (QED) is 0.597. The molecule has 0 bridgehead atoms. The van der Waals surface area contributed by atoms with Crippen LogP contribution in [0.15, 0.2) is 31.0 Å². The third kappa shape index (κ3) is 2.54. The summed E-state index contributed by atoms with van der Waals surface area (Å²) < 4.78 is 5.04. The Morgan fingerprint density at radius 2 is 2.39 bits per heavy atom. The maximum Gasteiger partial charge on any atom is 0.246 e. The average Bonchev–Trinajstić information content (AvgIpc) is 2.68. The maximum atomic E-state index is 11.9. The van der Waals surface area contributed by atoms with E-state index in [1.54, 1.807) is 0 Å². The van der Waals surface area contributed by atoms with Gasteiger partial charge in [0.1, 0.15) is 6.04 Å². The fourth-order valence-corrected chi connectivity index (χ4v) is 2.13. The highest BCUT2D eigenvalue weighted by atomic mass is 16.5. The van der Waals surface area contributed by atoms with Gasteiger partial charge < -0.3 is 15.4 Å². The molecule has 0 saturated carbocycles. The molecule has 0 spiro atoms. The van der Waals surface area contributed by atoms with Crippen molar-refractivity contribution in [2.75, 3.05) is 18.5 Å². The molecule has 2 rings (SSSR count). The molecule has 1 aromatic rings. The molecule has 18 heavy (non-hydrogen) atoms. The van der Waals surface area contributed by atoms with Gasteiger partial charge in [0.15, 0.2) is 0 Å². The van der Waals surface area contributed by atoms with Crippen LogP contribution in [-0.4, -0.2) is 19.1 Å². The molecule has 0 radical (unpaired) electrons. The highest BCUT2D eigenvalue weighted by Crippen LogP contribution is 2.32. The average molecular weight is 246 g/mol. The fraction of sp³-hybridized carbons (Fsp3) is 0.357. The standard InChI is InChI=1S/C14H18N2O2/c1-3-18-9-5-8-15-13-11-7-4-6-10(2)12(11)16-14(13)17/h3-4,6-7,13,15H,1,5,8-9H2,2H3,(H,16,17). The third-order valence-electron chi connectivity index (χ3n) is 3.03. The first-order chi connectivity index (χ1) is 8.74. The zero-order valence-electron chi connectivity index (χ0n) is 10.5. The van der Waals surface area contributed by atoms with Crippen molar-refractivity contribution < 1.29 is 9.53 Å². The second-order valence-corrected chi connectivity index (χ2v) is 4.31. The Bertz CT molecular complexity index is 457. The number of ether oxygens (including phenoxy) is 1. The van der Waals surface area contributed by atoms with Crippen molar-refractivity contribution in [3.8, 4) is 0 Å². The van der Waals surface area contributed by atoms with E-state index in [2.05, 4.69) is 17.2 Å². The maximum absolute atomic E-state index is 11.9. The molecule has 0 aromatic heterocycles. The molecule has 2 N–H and O–H groups in total. The molecular formula is C14H18N2O2. The van der Waals surface area contributed by atoms with Gasteiger partial charge in [-0.25, -0.2) is 0 Å². The molecule has 0 fully saturated rings. The predicted molar refractivity (Wildman–Crippen MR) is 71.3 cm³/mol. The Morgan fingerprint density at radius 3 is 3.17 bits per heavy atom. The highest BCUT2D eigenvalue weighted by Gasteiger charge is 2.30. The summed E-state index contributed by atoms with van der Waals surface area (Å²) >= 11 is 0. The molecule has 1 aromatic carbocycles. The lowest BCUT2D eigenvalue weighted by atomic mass is 10.1. The smallest absolute Gasteiger partial charge is 0.246 e. The van der Waals surface area contributed by atoms with Crippen molar-refractivity contribution in [2.45, 2.75) is 19.4 Å². The van der Waals surface area contributed by atoms with E-state index in [0.717, 1.165) is 29.8 Å². The number of nitrogens with one attached hydrogen (secondary N) is 2. The number of aryl methyl sites for hydroxylation is 1. The van der Waals surface area contributed by atoms with Crippen LogP contribution in [0.3, 0.4) is 0 Å². The van der Waals surface area contributed by atoms with Gasteiger partial charge >= 0.3 is 0 Å². The Morgan fingerprint density at radius 1 is 1.56 bits per heavy atom. The number of amides is 1. The monoisotopic (exact) mass is 246 g/mol. The Labute approximate surface area is 107 Å². The lowest BCUT2D eigenvalue weighted by Crippen LogP contribution is -2.28. The van der Waals surface area contributed by atoms with Crippen LogP contribution < -0.4 is 10.6 Å². The van der Waals surface area contributed by atoms with Gasteiger partial charge in [0, 0.05) is 11.3 Å². The van der Waals surface area contributed by atoms with E-state index >= 15 is 0 Å². The van der Waals surface area contributed by atoms with Crippen molar-refractivity contribution in [1.29, 1.82) is 0 Å². The zero-order valence-corrected chi connectivity index (χ0v) is 10.5. The van der Waals surface area contributed by atoms with Gasteiger partial charge in [-0.3, -0.25) is 4.79 Å². The SMILES string of the molecule is C=COCCCNC1C(=O)Nc2c(C)cccc21. The molecule has 0 saturated heterocycles. The van der Waals surface area contributed by atoms with E-state index in [1.165, 1.54) is 6.26 Å². The second kappa shape index (κ2) is 5.69. The van der Waals surface area contributed by atoms with Gasteiger partial charge in [-0.15, -0.1) is 0 Å². The molecule has 1 aliphatic heterocycles. The minimum absolute atomic E-state index is 0.0175. The van der Waals surface area contributed by atoms with Crippen LogP contribution in [0.2, 0.25) is 0 Å². The summed E-state index contributed by atoms with van der Waals surface area (Å²) in [6, 6.07) is 5.71. The van der Waals surface area contributed by atoms with Crippen LogP contribution in [-0.2, 0) is 9.53 Å². The van der Waals surface area contributed by atoms with E-state index in [4.69, 9.17) is 4.74 Å². The number of carbonyl (C=O) groups is 1. The molecule has 1 unspecified atom stereocenters. The molecule has 1 heterocycles. The molecule has 96 valence electrons. The van der Waals surface area contributed by atoms with Gasteiger partial charge in [-0.2, -0.15) is 0 Å². The normalized spacial score (nSPS) is 17.2. The summed E-state index contributed by atoms with van der Waals surface area (Å²) in [7, 11) is 0. The van der Waals surface area contributed by atoms with Crippen LogP contribution in [0.1, 0.15) is 23.6 Å². The number of hydrogen-bond acceptors (Lipinski definition) is 3. The molecule has 4 heteroatoms. The second-order valence-electron chi connectivity index (χ2n) is 4.31. The zero-order chi connectivity index (χ0) is 13.0. The summed E-state index contributed by atoms with van der Waals surface area (Å²) in [4.78, 5) is 11.9. The number of benzene rings is 1. The molecular weight excluding hydrogens is 228 g/mol. The fourth-order valence-electron chi connectivity index (χ4n) is 2.13. The summed E-state index contributed by atoms with van der Waals surface area (Å²) in [6.07, 6.45) is 2.28. The van der Waals surface area contributed by atoms with E-state index in [-0.39, 0.29) is 11.9 Å². The molecule has 4 nitrogen and oxygen atoms in total. The largest absolute Gasteiger partial charge is 0.502 e. The van der Waals surface area contributed by atoms with E-state index in [0.29, 0.717) is 6.61 Å². The molecule has 1 aliphatic rings. The van der Waals surface area contributed by atoms with Crippen LogP contribution in [0, 0.1) is 6.92 Å². The third-order valence-corrected chi connectivity index (χ3v) is 3.03. The molecule has 0 aliphatic carbocycles. The van der Waals surface area contributed by atoms with Gasteiger partial charge in [0.25, 0.3) is 0 Å². The lowest BCUT2D eigenvalue weighted by Gasteiger charge is -2.11.